The molecular weight excluding hydrogens is 288 g/mol. The Bertz CT molecular complexity index is 482. The smallest absolute Gasteiger partial charge is 0.335 e. The van der Waals surface area contributed by atoms with Crippen molar-refractivity contribution in [3.05, 3.63) is 23.8 Å². The topological polar surface area (TPSA) is 74.2 Å². The Kier molecular flexibility index (Phi) is 6.48. The van der Waals surface area contributed by atoms with Gasteiger partial charge in [0.15, 0.2) is 17.8 Å². The molecule has 6 nitrogen and oxygen atoms in total. The van der Waals surface area contributed by atoms with Gasteiger partial charge in [0.1, 0.15) is 0 Å². The van der Waals surface area contributed by atoms with E-state index in [2.05, 4.69) is 0 Å². The SMILES string of the molecule is COc1cc(C(=O)O)ccc1OCCCOC1CCCCO1. The van der Waals surface area contributed by atoms with E-state index < -0.39 is 5.97 Å². The van der Waals surface area contributed by atoms with Crippen molar-refractivity contribution in [1.82, 2.24) is 0 Å². The van der Waals surface area contributed by atoms with Crippen molar-refractivity contribution in [2.75, 3.05) is 26.9 Å². The maximum atomic E-state index is 10.9. The van der Waals surface area contributed by atoms with Gasteiger partial charge in [-0.1, -0.05) is 0 Å². The quantitative estimate of drug-likeness (QED) is 0.744. The molecular formula is C16H22O6. The fourth-order valence-electron chi connectivity index (χ4n) is 2.22. The fraction of sp³-hybridized carbons (Fsp3) is 0.562. The van der Waals surface area contributed by atoms with Gasteiger partial charge in [0.25, 0.3) is 0 Å². The van der Waals surface area contributed by atoms with Crippen LogP contribution in [0, 0.1) is 0 Å². The Balaban J connectivity index is 1.73. The van der Waals surface area contributed by atoms with Crippen molar-refractivity contribution in [2.45, 2.75) is 32.0 Å². The van der Waals surface area contributed by atoms with Gasteiger partial charge in [-0.15, -0.1) is 0 Å². The summed E-state index contributed by atoms with van der Waals surface area (Å²) in [6.07, 6.45) is 3.84. The maximum Gasteiger partial charge on any atom is 0.335 e. The highest BCUT2D eigenvalue weighted by molar-refractivity contribution is 5.88. The molecule has 2 rings (SSSR count). The van der Waals surface area contributed by atoms with Crippen LogP contribution in [0.15, 0.2) is 18.2 Å². The zero-order chi connectivity index (χ0) is 15.8. The molecule has 0 bridgehead atoms. The third-order valence-corrected chi connectivity index (χ3v) is 3.40. The minimum Gasteiger partial charge on any atom is -0.493 e. The molecule has 6 heteroatoms. The van der Waals surface area contributed by atoms with Crippen LogP contribution in [0.5, 0.6) is 11.5 Å². The summed E-state index contributed by atoms with van der Waals surface area (Å²) < 4.78 is 21.9. The molecule has 0 amide bonds. The fourth-order valence-corrected chi connectivity index (χ4v) is 2.22. The Morgan fingerprint density at radius 1 is 1.32 bits per heavy atom. The molecule has 1 heterocycles. The lowest BCUT2D eigenvalue weighted by Crippen LogP contribution is -2.23. The van der Waals surface area contributed by atoms with Crippen LogP contribution in [0.3, 0.4) is 0 Å². The van der Waals surface area contributed by atoms with E-state index in [0.717, 1.165) is 32.3 Å². The summed E-state index contributed by atoms with van der Waals surface area (Å²) in [5.41, 5.74) is 0.169. The molecule has 0 aliphatic carbocycles. The zero-order valence-electron chi connectivity index (χ0n) is 12.7. The molecule has 1 aliphatic heterocycles. The number of carboxylic acids is 1. The minimum absolute atomic E-state index is 0.0851. The van der Waals surface area contributed by atoms with Gasteiger partial charge in [0.2, 0.25) is 0 Å². The molecule has 1 aliphatic rings. The van der Waals surface area contributed by atoms with E-state index in [1.54, 1.807) is 6.07 Å². The Morgan fingerprint density at radius 3 is 2.86 bits per heavy atom. The second-order valence-corrected chi connectivity index (χ2v) is 5.04. The first-order chi connectivity index (χ1) is 10.7. The molecule has 122 valence electrons. The first kappa shape index (κ1) is 16.6. The van der Waals surface area contributed by atoms with Gasteiger partial charge < -0.3 is 24.1 Å². The average molecular weight is 310 g/mol. The predicted molar refractivity (Wildman–Crippen MR) is 79.6 cm³/mol. The maximum absolute atomic E-state index is 10.9. The summed E-state index contributed by atoms with van der Waals surface area (Å²) in [6.45, 7) is 1.81. The number of ether oxygens (including phenoxy) is 4. The number of hydrogen-bond acceptors (Lipinski definition) is 5. The molecule has 0 radical (unpaired) electrons. The van der Waals surface area contributed by atoms with Crippen molar-refractivity contribution in [2.24, 2.45) is 0 Å². The van der Waals surface area contributed by atoms with Crippen molar-refractivity contribution in [1.29, 1.82) is 0 Å². The molecule has 1 atom stereocenters. The number of aromatic carboxylic acids is 1. The van der Waals surface area contributed by atoms with Crippen LogP contribution in [0.4, 0.5) is 0 Å². The van der Waals surface area contributed by atoms with E-state index in [1.807, 2.05) is 0 Å². The highest BCUT2D eigenvalue weighted by Gasteiger charge is 2.14. The highest BCUT2D eigenvalue weighted by atomic mass is 16.7. The molecule has 0 saturated carbocycles. The molecule has 0 aromatic heterocycles. The van der Waals surface area contributed by atoms with Gasteiger partial charge in [-0.3, -0.25) is 0 Å². The Labute approximate surface area is 129 Å². The van der Waals surface area contributed by atoms with Crippen LogP contribution >= 0.6 is 0 Å². The van der Waals surface area contributed by atoms with E-state index >= 15 is 0 Å². The van der Waals surface area contributed by atoms with Gasteiger partial charge in [-0.05, 0) is 37.5 Å². The number of hydrogen-bond donors (Lipinski definition) is 1. The standard InChI is InChI=1S/C16H22O6/c1-19-14-11-12(16(17)18)6-7-13(14)20-9-4-10-22-15-5-2-3-8-21-15/h6-7,11,15H,2-5,8-10H2,1H3,(H,17,18). The van der Waals surface area contributed by atoms with Crippen LogP contribution < -0.4 is 9.47 Å². The summed E-state index contributed by atoms with van der Waals surface area (Å²) in [6, 6.07) is 4.55. The van der Waals surface area contributed by atoms with E-state index in [0.29, 0.717) is 24.7 Å². The molecule has 1 saturated heterocycles. The van der Waals surface area contributed by atoms with Crippen LogP contribution in [0.25, 0.3) is 0 Å². The summed E-state index contributed by atoms with van der Waals surface area (Å²) in [4.78, 5) is 10.9. The predicted octanol–water partition coefficient (Wildman–Crippen LogP) is 2.71. The summed E-state index contributed by atoms with van der Waals surface area (Å²) in [7, 11) is 1.48. The lowest BCUT2D eigenvalue weighted by atomic mass is 10.2. The zero-order valence-corrected chi connectivity index (χ0v) is 12.7. The van der Waals surface area contributed by atoms with E-state index in [9.17, 15) is 4.79 Å². The summed E-state index contributed by atoms with van der Waals surface area (Å²) in [5, 5.41) is 8.94. The largest absolute Gasteiger partial charge is 0.493 e. The van der Waals surface area contributed by atoms with Gasteiger partial charge >= 0.3 is 5.97 Å². The van der Waals surface area contributed by atoms with Crippen molar-refractivity contribution < 1.29 is 28.8 Å². The second-order valence-electron chi connectivity index (χ2n) is 5.04. The van der Waals surface area contributed by atoms with E-state index in [4.69, 9.17) is 24.1 Å². The molecule has 22 heavy (non-hydrogen) atoms. The number of carbonyl (C=O) groups is 1. The highest BCUT2D eigenvalue weighted by Crippen LogP contribution is 2.28. The van der Waals surface area contributed by atoms with Gasteiger partial charge in [-0.25, -0.2) is 4.79 Å². The minimum atomic E-state index is -0.995. The van der Waals surface area contributed by atoms with Crippen LogP contribution in [0.2, 0.25) is 0 Å². The summed E-state index contributed by atoms with van der Waals surface area (Å²) >= 11 is 0. The van der Waals surface area contributed by atoms with Crippen molar-refractivity contribution in [3.63, 3.8) is 0 Å². The van der Waals surface area contributed by atoms with Gasteiger partial charge in [0, 0.05) is 13.0 Å². The average Bonchev–Trinajstić information content (AvgIpc) is 2.55. The summed E-state index contributed by atoms with van der Waals surface area (Å²) in [5.74, 6) is -0.0522. The normalized spacial score (nSPS) is 18.0. The van der Waals surface area contributed by atoms with Crippen molar-refractivity contribution >= 4 is 5.97 Å². The lowest BCUT2D eigenvalue weighted by Gasteiger charge is -2.22. The molecule has 1 fully saturated rings. The van der Waals surface area contributed by atoms with Crippen LogP contribution in [-0.4, -0.2) is 44.3 Å². The Morgan fingerprint density at radius 2 is 2.18 bits per heavy atom. The molecule has 1 aromatic carbocycles. The van der Waals surface area contributed by atoms with Crippen LogP contribution in [0.1, 0.15) is 36.0 Å². The lowest BCUT2D eigenvalue weighted by molar-refractivity contribution is -0.163. The van der Waals surface area contributed by atoms with Gasteiger partial charge in [0.05, 0.1) is 25.9 Å². The van der Waals surface area contributed by atoms with E-state index in [1.165, 1.54) is 19.2 Å². The molecule has 1 unspecified atom stereocenters. The monoisotopic (exact) mass is 310 g/mol. The van der Waals surface area contributed by atoms with Crippen molar-refractivity contribution in [3.8, 4) is 11.5 Å². The first-order valence-electron chi connectivity index (χ1n) is 7.48. The first-order valence-corrected chi connectivity index (χ1v) is 7.48. The third kappa shape index (κ3) is 4.89. The van der Waals surface area contributed by atoms with E-state index in [-0.39, 0.29) is 11.9 Å². The molecule has 1 aromatic rings. The van der Waals surface area contributed by atoms with Gasteiger partial charge in [-0.2, -0.15) is 0 Å². The second kappa shape index (κ2) is 8.60. The Hall–Kier alpha value is -1.79. The molecule has 0 spiro atoms. The number of carboxylic acid groups (broad SMARTS) is 1. The number of methoxy groups -OCH3 is 1. The molecule has 1 N–H and O–H groups in total. The van der Waals surface area contributed by atoms with Crippen LogP contribution in [-0.2, 0) is 9.47 Å². The third-order valence-electron chi connectivity index (χ3n) is 3.40. The number of rotatable bonds is 8. The number of benzene rings is 1.